The van der Waals surface area contributed by atoms with Crippen molar-refractivity contribution in [2.75, 3.05) is 11.9 Å². The molecule has 0 aliphatic rings. The standard InChI is InChI=1S/C14H11F2NO2/c1-17(10-7-5-9(15)6-8-10)14(19)13-11(16)3-2-4-12(13)18/h2-8,18H,1H3. The maximum absolute atomic E-state index is 13.6. The fourth-order valence-electron chi connectivity index (χ4n) is 1.67. The number of halogens is 2. The third-order valence-corrected chi connectivity index (χ3v) is 2.72. The molecule has 0 radical (unpaired) electrons. The molecule has 0 unspecified atom stereocenters. The van der Waals surface area contributed by atoms with Crippen LogP contribution in [-0.2, 0) is 0 Å². The summed E-state index contributed by atoms with van der Waals surface area (Å²) in [6.45, 7) is 0. The van der Waals surface area contributed by atoms with Crippen molar-refractivity contribution in [3.63, 3.8) is 0 Å². The van der Waals surface area contributed by atoms with Gasteiger partial charge in [0.15, 0.2) is 0 Å². The number of nitrogens with zero attached hydrogens (tertiary/aromatic N) is 1. The number of anilines is 1. The van der Waals surface area contributed by atoms with Crippen LogP contribution in [0.15, 0.2) is 42.5 Å². The van der Waals surface area contributed by atoms with Crippen LogP contribution in [0.3, 0.4) is 0 Å². The highest BCUT2D eigenvalue weighted by Crippen LogP contribution is 2.24. The second-order valence-corrected chi connectivity index (χ2v) is 3.97. The van der Waals surface area contributed by atoms with Gasteiger partial charge in [-0.1, -0.05) is 6.07 Å². The van der Waals surface area contributed by atoms with Crippen LogP contribution in [0.1, 0.15) is 10.4 Å². The van der Waals surface area contributed by atoms with Gasteiger partial charge in [-0.15, -0.1) is 0 Å². The molecular weight excluding hydrogens is 252 g/mol. The van der Waals surface area contributed by atoms with Crippen LogP contribution in [0.5, 0.6) is 5.75 Å². The van der Waals surface area contributed by atoms with Crippen molar-refractivity contribution >= 4 is 11.6 Å². The lowest BCUT2D eigenvalue weighted by Gasteiger charge is -2.18. The van der Waals surface area contributed by atoms with E-state index in [0.29, 0.717) is 5.69 Å². The Morgan fingerprint density at radius 2 is 1.74 bits per heavy atom. The molecule has 2 aromatic carbocycles. The quantitative estimate of drug-likeness (QED) is 0.905. The minimum absolute atomic E-state index is 0.397. The lowest BCUT2D eigenvalue weighted by molar-refractivity contribution is 0.0986. The van der Waals surface area contributed by atoms with Gasteiger partial charge in [0, 0.05) is 12.7 Å². The Bertz CT molecular complexity index is 591. The molecule has 0 saturated heterocycles. The molecule has 98 valence electrons. The molecule has 0 aliphatic carbocycles. The van der Waals surface area contributed by atoms with Crippen LogP contribution >= 0.6 is 0 Å². The van der Waals surface area contributed by atoms with Crippen molar-refractivity contribution in [3.8, 4) is 5.75 Å². The van der Waals surface area contributed by atoms with E-state index < -0.39 is 28.9 Å². The summed E-state index contributed by atoms with van der Waals surface area (Å²) in [5, 5.41) is 9.55. The molecule has 3 nitrogen and oxygen atoms in total. The first kappa shape index (κ1) is 13.0. The lowest BCUT2D eigenvalue weighted by atomic mass is 10.1. The number of phenols is 1. The number of carbonyl (C=O) groups is 1. The first-order valence-electron chi connectivity index (χ1n) is 5.52. The number of amides is 1. The Balaban J connectivity index is 2.36. The Hall–Kier alpha value is -2.43. The summed E-state index contributed by atoms with van der Waals surface area (Å²) in [4.78, 5) is 13.2. The van der Waals surface area contributed by atoms with E-state index in [-0.39, 0.29) is 0 Å². The summed E-state index contributed by atoms with van der Waals surface area (Å²) in [6.07, 6.45) is 0. The van der Waals surface area contributed by atoms with E-state index in [2.05, 4.69) is 0 Å². The maximum Gasteiger partial charge on any atom is 0.264 e. The smallest absolute Gasteiger partial charge is 0.264 e. The summed E-state index contributed by atoms with van der Waals surface area (Å²) < 4.78 is 26.4. The van der Waals surface area contributed by atoms with Crippen molar-refractivity contribution in [3.05, 3.63) is 59.7 Å². The largest absolute Gasteiger partial charge is 0.507 e. The Labute approximate surface area is 108 Å². The molecule has 1 amide bonds. The maximum atomic E-state index is 13.6. The summed E-state index contributed by atoms with van der Waals surface area (Å²) in [7, 11) is 1.42. The van der Waals surface area contributed by atoms with Crippen LogP contribution in [0, 0.1) is 11.6 Å². The van der Waals surface area contributed by atoms with Crippen molar-refractivity contribution < 1.29 is 18.7 Å². The molecule has 19 heavy (non-hydrogen) atoms. The summed E-state index contributed by atoms with van der Waals surface area (Å²) in [5.41, 5.74) is -0.0108. The van der Waals surface area contributed by atoms with Crippen molar-refractivity contribution in [2.45, 2.75) is 0 Å². The van der Waals surface area contributed by atoms with Gasteiger partial charge in [0.2, 0.25) is 0 Å². The fraction of sp³-hybridized carbons (Fsp3) is 0.0714. The van der Waals surface area contributed by atoms with E-state index in [1.165, 1.54) is 43.4 Å². The average molecular weight is 263 g/mol. The van der Waals surface area contributed by atoms with E-state index in [1.807, 2.05) is 0 Å². The third kappa shape index (κ3) is 2.54. The zero-order valence-electron chi connectivity index (χ0n) is 10.1. The fourth-order valence-corrected chi connectivity index (χ4v) is 1.67. The van der Waals surface area contributed by atoms with Crippen LogP contribution in [0.2, 0.25) is 0 Å². The van der Waals surface area contributed by atoms with Gasteiger partial charge in [-0.05, 0) is 36.4 Å². The van der Waals surface area contributed by atoms with Gasteiger partial charge in [0.05, 0.1) is 0 Å². The minimum atomic E-state index is -0.807. The number of phenolic OH excluding ortho intramolecular Hbond substituents is 1. The van der Waals surface area contributed by atoms with Gasteiger partial charge in [-0.3, -0.25) is 4.79 Å². The Morgan fingerprint density at radius 1 is 1.11 bits per heavy atom. The molecule has 0 heterocycles. The van der Waals surface area contributed by atoms with Crippen molar-refractivity contribution in [1.82, 2.24) is 0 Å². The summed E-state index contributed by atoms with van der Waals surface area (Å²) in [6, 6.07) is 8.80. The van der Waals surface area contributed by atoms with Gasteiger partial charge in [-0.25, -0.2) is 8.78 Å². The second-order valence-electron chi connectivity index (χ2n) is 3.97. The third-order valence-electron chi connectivity index (χ3n) is 2.72. The second kappa shape index (κ2) is 5.06. The number of aromatic hydroxyl groups is 1. The van der Waals surface area contributed by atoms with Crippen LogP contribution in [0.4, 0.5) is 14.5 Å². The van der Waals surface area contributed by atoms with Crippen LogP contribution < -0.4 is 4.90 Å². The molecular formula is C14H11F2NO2. The number of hydrogen-bond acceptors (Lipinski definition) is 2. The van der Waals surface area contributed by atoms with Gasteiger partial charge in [0.25, 0.3) is 5.91 Å². The first-order chi connectivity index (χ1) is 9.00. The van der Waals surface area contributed by atoms with Crippen molar-refractivity contribution in [1.29, 1.82) is 0 Å². The Kier molecular flexibility index (Phi) is 3.46. The van der Waals surface area contributed by atoms with Gasteiger partial charge < -0.3 is 10.0 Å². The van der Waals surface area contributed by atoms with E-state index in [0.717, 1.165) is 11.0 Å². The summed E-state index contributed by atoms with van der Waals surface area (Å²) >= 11 is 0. The molecule has 0 fully saturated rings. The highest BCUT2D eigenvalue weighted by atomic mass is 19.1. The SMILES string of the molecule is CN(C(=O)c1c(O)cccc1F)c1ccc(F)cc1. The van der Waals surface area contributed by atoms with Gasteiger partial charge in [-0.2, -0.15) is 0 Å². The van der Waals surface area contributed by atoms with E-state index >= 15 is 0 Å². The van der Waals surface area contributed by atoms with E-state index in [1.54, 1.807) is 0 Å². The van der Waals surface area contributed by atoms with Crippen LogP contribution in [-0.4, -0.2) is 18.1 Å². The number of benzene rings is 2. The lowest BCUT2D eigenvalue weighted by Crippen LogP contribution is -2.27. The number of rotatable bonds is 2. The highest BCUT2D eigenvalue weighted by molar-refractivity contribution is 6.07. The molecule has 0 bridgehead atoms. The topological polar surface area (TPSA) is 40.5 Å². The zero-order chi connectivity index (χ0) is 14.0. The molecule has 0 spiro atoms. The van der Waals surface area contributed by atoms with Gasteiger partial charge in [0.1, 0.15) is 22.9 Å². The van der Waals surface area contributed by atoms with Gasteiger partial charge >= 0.3 is 0 Å². The first-order valence-corrected chi connectivity index (χ1v) is 5.52. The normalized spacial score (nSPS) is 10.3. The predicted molar refractivity (Wildman–Crippen MR) is 67.2 cm³/mol. The van der Waals surface area contributed by atoms with E-state index in [4.69, 9.17) is 0 Å². The molecule has 1 N–H and O–H groups in total. The van der Waals surface area contributed by atoms with Crippen LogP contribution in [0.25, 0.3) is 0 Å². The van der Waals surface area contributed by atoms with Crippen molar-refractivity contribution in [2.24, 2.45) is 0 Å². The molecule has 0 aliphatic heterocycles. The zero-order valence-corrected chi connectivity index (χ0v) is 10.1. The average Bonchev–Trinajstić information content (AvgIpc) is 2.38. The molecule has 5 heteroatoms. The summed E-state index contributed by atoms with van der Waals surface area (Å²) in [5.74, 6) is -2.38. The minimum Gasteiger partial charge on any atom is -0.507 e. The molecule has 0 aromatic heterocycles. The van der Waals surface area contributed by atoms with E-state index in [9.17, 15) is 18.7 Å². The molecule has 2 rings (SSSR count). The monoisotopic (exact) mass is 263 g/mol. The number of hydrogen-bond donors (Lipinski definition) is 1. The number of carbonyl (C=O) groups excluding carboxylic acids is 1. The molecule has 0 atom stereocenters. The highest BCUT2D eigenvalue weighted by Gasteiger charge is 2.21. The predicted octanol–water partition coefficient (Wildman–Crippen LogP) is 2.95. The molecule has 2 aromatic rings. The Morgan fingerprint density at radius 3 is 2.32 bits per heavy atom. The molecule has 0 saturated carbocycles.